The van der Waals surface area contributed by atoms with Crippen molar-refractivity contribution in [2.24, 2.45) is 0 Å². The van der Waals surface area contributed by atoms with Gasteiger partial charge in [-0.3, -0.25) is 0 Å². The van der Waals surface area contributed by atoms with E-state index in [4.69, 9.17) is 10.00 Å². The second-order valence-corrected chi connectivity index (χ2v) is 3.31. The maximum Gasteiger partial charge on any atom is 0.134 e. The van der Waals surface area contributed by atoms with Gasteiger partial charge in [-0.1, -0.05) is 0 Å². The normalized spacial score (nSPS) is 9.31. The number of nitrogens with zero attached hydrogens (tertiary/aromatic N) is 1. The van der Waals surface area contributed by atoms with E-state index >= 15 is 0 Å². The summed E-state index contributed by atoms with van der Waals surface area (Å²) in [6, 6.07) is 5.26. The second kappa shape index (κ2) is 4.15. The molecular weight excluding hydrogens is 234 g/mol. The predicted octanol–water partition coefficient (Wildman–Crippen LogP) is 2.23. The summed E-state index contributed by atoms with van der Waals surface area (Å²) in [5.41, 5.74) is 0.564. The summed E-state index contributed by atoms with van der Waals surface area (Å²) >= 11 is 3.17. The van der Waals surface area contributed by atoms with Crippen molar-refractivity contribution in [3.63, 3.8) is 0 Å². The zero-order valence-corrected chi connectivity index (χ0v) is 8.63. The Morgan fingerprint density at radius 2 is 2.31 bits per heavy atom. The fraction of sp³-hybridized carbons (Fsp3) is 0.222. The summed E-state index contributed by atoms with van der Waals surface area (Å²) < 4.78 is 5.53. The molecule has 1 N–H and O–H groups in total. The Balaban J connectivity index is 3.18. The summed E-state index contributed by atoms with van der Waals surface area (Å²) in [6.07, 6.45) is 0.168. The first kappa shape index (κ1) is 9.87. The van der Waals surface area contributed by atoms with Crippen LogP contribution in [0.1, 0.15) is 5.56 Å². The van der Waals surface area contributed by atoms with Gasteiger partial charge in [0.25, 0.3) is 0 Å². The fourth-order valence-electron chi connectivity index (χ4n) is 0.966. The van der Waals surface area contributed by atoms with Crippen molar-refractivity contribution in [3.05, 3.63) is 22.2 Å². The average Bonchev–Trinajstić information content (AvgIpc) is 2.13. The molecule has 0 unspecified atom stereocenters. The van der Waals surface area contributed by atoms with Crippen LogP contribution < -0.4 is 4.74 Å². The summed E-state index contributed by atoms with van der Waals surface area (Å²) in [5.74, 6) is 0.720. The Kier molecular flexibility index (Phi) is 3.15. The number of ether oxygens (including phenoxy) is 1. The lowest BCUT2D eigenvalue weighted by atomic mass is 10.1. The molecule has 0 heterocycles. The minimum atomic E-state index is 0.0994. The van der Waals surface area contributed by atoms with Gasteiger partial charge in [0, 0.05) is 5.56 Å². The molecule has 0 aliphatic heterocycles. The number of hydrogen-bond acceptors (Lipinski definition) is 3. The first-order valence-corrected chi connectivity index (χ1v) is 4.40. The van der Waals surface area contributed by atoms with Crippen LogP contribution in [-0.4, -0.2) is 12.2 Å². The lowest BCUT2D eigenvalue weighted by Crippen LogP contribution is -1.88. The van der Waals surface area contributed by atoms with Gasteiger partial charge in [-0.15, -0.1) is 0 Å². The van der Waals surface area contributed by atoms with Gasteiger partial charge < -0.3 is 9.84 Å². The minimum absolute atomic E-state index is 0.0994. The van der Waals surface area contributed by atoms with Crippen LogP contribution in [0, 0.1) is 11.3 Å². The molecule has 0 atom stereocenters. The molecule has 1 rings (SSSR count). The zero-order chi connectivity index (χ0) is 9.84. The number of aromatic hydroxyl groups is 1. The molecule has 13 heavy (non-hydrogen) atoms. The number of halogens is 1. The quantitative estimate of drug-likeness (QED) is 0.865. The molecule has 1 aromatic rings. The monoisotopic (exact) mass is 241 g/mol. The maximum atomic E-state index is 9.50. The summed E-state index contributed by atoms with van der Waals surface area (Å²) in [6.45, 7) is 0. The predicted molar refractivity (Wildman–Crippen MR) is 51.7 cm³/mol. The van der Waals surface area contributed by atoms with Crippen molar-refractivity contribution in [1.82, 2.24) is 0 Å². The Morgan fingerprint density at radius 1 is 1.62 bits per heavy atom. The minimum Gasteiger partial charge on any atom is -0.506 e. The van der Waals surface area contributed by atoms with Crippen LogP contribution in [0.2, 0.25) is 0 Å². The van der Waals surface area contributed by atoms with Gasteiger partial charge in [-0.05, 0) is 28.1 Å². The molecule has 68 valence electrons. The molecule has 0 saturated heterocycles. The molecule has 0 bridgehead atoms. The Bertz CT molecular complexity index is 357. The molecule has 1 aromatic carbocycles. The van der Waals surface area contributed by atoms with Crippen LogP contribution >= 0.6 is 15.9 Å². The highest BCUT2D eigenvalue weighted by molar-refractivity contribution is 9.10. The highest BCUT2D eigenvalue weighted by atomic mass is 79.9. The van der Waals surface area contributed by atoms with Crippen LogP contribution in [0.15, 0.2) is 16.6 Å². The molecule has 3 nitrogen and oxygen atoms in total. The van der Waals surface area contributed by atoms with Crippen LogP contribution in [0.4, 0.5) is 0 Å². The first-order chi connectivity index (χ1) is 6.19. The molecule has 0 saturated carbocycles. The van der Waals surface area contributed by atoms with Gasteiger partial charge >= 0.3 is 0 Å². The standard InChI is InChI=1S/C9H8BrNO2/c1-13-7-4-6(2-3-11)9(12)8(10)5-7/h4-5,12H,2H2,1H3. The van der Waals surface area contributed by atoms with Gasteiger partial charge in [-0.2, -0.15) is 5.26 Å². The van der Waals surface area contributed by atoms with E-state index < -0.39 is 0 Å². The number of nitriles is 1. The van der Waals surface area contributed by atoms with E-state index in [-0.39, 0.29) is 12.2 Å². The van der Waals surface area contributed by atoms with Gasteiger partial charge in [0.05, 0.1) is 24.1 Å². The van der Waals surface area contributed by atoms with Gasteiger partial charge in [-0.25, -0.2) is 0 Å². The molecule has 4 heteroatoms. The SMILES string of the molecule is COc1cc(Br)c(O)c(CC#N)c1. The molecule has 0 amide bonds. The number of hydrogen-bond donors (Lipinski definition) is 1. The van der Waals surface area contributed by atoms with Gasteiger partial charge in [0.15, 0.2) is 0 Å². The molecule has 0 aromatic heterocycles. The van der Waals surface area contributed by atoms with Crippen molar-refractivity contribution in [1.29, 1.82) is 5.26 Å². The van der Waals surface area contributed by atoms with E-state index in [0.29, 0.717) is 15.8 Å². The smallest absolute Gasteiger partial charge is 0.134 e. The van der Waals surface area contributed by atoms with E-state index in [2.05, 4.69) is 15.9 Å². The Morgan fingerprint density at radius 3 is 2.85 bits per heavy atom. The number of methoxy groups -OCH3 is 1. The van der Waals surface area contributed by atoms with E-state index in [0.717, 1.165) is 0 Å². The van der Waals surface area contributed by atoms with Crippen molar-refractivity contribution >= 4 is 15.9 Å². The first-order valence-electron chi connectivity index (χ1n) is 3.61. The van der Waals surface area contributed by atoms with E-state index in [1.807, 2.05) is 6.07 Å². The average molecular weight is 242 g/mol. The van der Waals surface area contributed by atoms with Crippen molar-refractivity contribution in [2.75, 3.05) is 7.11 Å². The van der Waals surface area contributed by atoms with E-state index in [1.165, 1.54) is 7.11 Å². The third kappa shape index (κ3) is 2.13. The maximum absolute atomic E-state index is 9.50. The molecule has 0 radical (unpaired) electrons. The largest absolute Gasteiger partial charge is 0.506 e. The zero-order valence-electron chi connectivity index (χ0n) is 7.04. The van der Waals surface area contributed by atoms with Crippen molar-refractivity contribution in [2.45, 2.75) is 6.42 Å². The molecule has 0 aliphatic rings. The number of benzene rings is 1. The Labute approximate surface area is 84.7 Å². The van der Waals surface area contributed by atoms with Crippen LogP contribution in [-0.2, 0) is 6.42 Å². The third-order valence-corrected chi connectivity index (χ3v) is 2.23. The van der Waals surface area contributed by atoms with Crippen LogP contribution in [0.25, 0.3) is 0 Å². The lowest BCUT2D eigenvalue weighted by molar-refractivity contribution is 0.410. The highest BCUT2D eigenvalue weighted by Crippen LogP contribution is 2.32. The van der Waals surface area contributed by atoms with Crippen molar-refractivity contribution in [3.8, 4) is 17.6 Å². The number of phenolic OH excluding ortho intramolecular Hbond substituents is 1. The van der Waals surface area contributed by atoms with Crippen LogP contribution in [0.5, 0.6) is 11.5 Å². The summed E-state index contributed by atoms with van der Waals surface area (Å²) in [5, 5.41) is 18.0. The Hall–Kier alpha value is -1.21. The number of phenols is 1. The van der Waals surface area contributed by atoms with Crippen LogP contribution in [0.3, 0.4) is 0 Å². The summed E-state index contributed by atoms with van der Waals surface area (Å²) in [4.78, 5) is 0. The molecule has 0 aliphatic carbocycles. The highest BCUT2D eigenvalue weighted by Gasteiger charge is 2.07. The van der Waals surface area contributed by atoms with E-state index in [9.17, 15) is 5.11 Å². The third-order valence-electron chi connectivity index (χ3n) is 1.62. The fourth-order valence-corrected chi connectivity index (χ4v) is 1.45. The molecule has 0 spiro atoms. The van der Waals surface area contributed by atoms with E-state index in [1.54, 1.807) is 12.1 Å². The second-order valence-electron chi connectivity index (χ2n) is 2.45. The summed E-state index contributed by atoms with van der Waals surface area (Å²) in [7, 11) is 1.54. The molecular formula is C9H8BrNO2. The van der Waals surface area contributed by atoms with Gasteiger partial charge in [0.2, 0.25) is 0 Å². The van der Waals surface area contributed by atoms with Crippen molar-refractivity contribution < 1.29 is 9.84 Å². The molecule has 0 fully saturated rings. The van der Waals surface area contributed by atoms with Gasteiger partial charge in [0.1, 0.15) is 11.5 Å². The topological polar surface area (TPSA) is 53.2 Å². The lowest BCUT2D eigenvalue weighted by Gasteiger charge is -2.06. The number of rotatable bonds is 2.